The van der Waals surface area contributed by atoms with Crippen molar-refractivity contribution in [2.75, 3.05) is 14.1 Å². The average molecular weight is 388 g/mol. The quantitative estimate of drug-likeness (QED) is 0.599. The van der Waals surface area contributed by atoms with Gasteiger partial charge in [-0.3, -0.25) is 9.82 Å². The third kappa shape index (κ3) is 6.38. The minimum atomic E-state index is -4.70. The predicted molar refractivity (Wildman–Crippen MR) is 87.6 cm³/mol. The maximum Gasteiger partial charge on any atom is 0.413 e. The molecule has 0 aliphatic rings. The third-order valence-corrected chi connectivity index (χ3v) is 4.66. The first-order valence-corrected chi connectivity index (χ1v) is 8.54. The monoisotopic (exact) mass is 387 g/mol. The molecule has 1 aromatic heterocycles. The lowest BCUT2D eigenvalue weighted by Gasteiger charge is -2.29. The van der Waals surface area contributed by atoms with Crippen molar-refractivity contribution in [2.45, 2.75) is 44.3 Å². The van der Waals surface area contributed by atoms with Gasteiger partial charge in [0.25, 0.3) is 0 Å². The van der Waals surface area contributed by atoms with Crippen LogP contribution in [0.3, 0.4) is 0 Å². The molecular weight excluding hydrogens is 367 g/mol. The van der Waals surface area contributed by atoms with Crippen LogP contribution in [0.1, 0.15) is 38.1 Å². The van der Waals surface area contributed by atoms with Gasteiger partial charge in [0.15, 0.2) is 6.04 Å². The molecule has 10 heteroatoms. The van der Waals surface area contributed by atoms with Crippen LogP contribution in [0.4, 0.5) is 13.2 Å². The Morgan fingerprint density at radius 3 is 2.38 bits per heavy atom. The van der Waals surface area contributed by atoms with Gasteiger partial charge in [-0.05, 0) is 32.4 Å². The van der Waals surface area contributed by atoms with Crippen LogP contribution in [-0.4, -0.2) is 39.6 Å². The Hall–Kier alpha value is -0.580. The second kappa shape index (κ2) is 8.20. The van der Waals surface area contributed by atoms with Crippen LogP contribution < -0.4 is 4.72 Å². The van der Waals surface area contributed by atoms with Gasteiger partial charge < -0.3 is 4.55 Å². The van der Waals surface area contributed by atoms with Crippen molar-refractivity contribution in [3.05, 3.63) is 28.5 Å². The highest BCUT2D eigenvalue weighted by Gasteiger charge is 2.47. The number of hydrogen-bond donors (Lipinski definition) is 1. The van der Waals surface area contributed by atoms with E-state index in [1.165, 1.54) is 17.3 Å². The molecule has 5 nitrogen and oxygen atoms in total. The van der Waals surface area contributed by atoms with E-state index in [1.807, 2.05) is 0 Å². The largest absolute Gasteiger partial charge is 0.598 e. The molecule has 1 rings (SSSR count). The molecule has 2 atom stereocenters. The van der Waals surface area contributed by atoms with Crippen LogP contribution in [-0.2, 0) is 22.8 Å². The zero-order chi connectivity index (χ0) is 18.7. The Balaban J connectivity index is 3.07. The van der Waals surface area contributed by atoms with Crippen molar-refractivity contribution in [3.63, 3.8) is 0 Å². The summed E-state index contributed by atoms with van der Waals surface area (Å²) in [7, 11) is 3.35. The van der Waals surface area contributed by atoms with E-state index >= 15 is 0 Å². The van der Waals surface area contributed by atoms with Gasteiger partial charge >= 0.3 is 6.18 Å². The first-order chi connectivity index (χ1) is 10.8. The number of pyridine rings is 1. The van der Waals surface area contributed by atoms with Crippen LogP contribution >= 0.6 is 11.6 Å². The molecular formula is C14H21ClF3N3O2S. The van der Waals surface area contributed by atoms with E-state index in [-0.39, 0.29) is 11.6 Å². The molecule has 138 valence electrons. The molecule has 1 N–H and O–H groups in total. The van der Waals surface area contributed by atoms with E-state index in [2.05, 4.69) is 9.71 Å². The topological polar surface area (TPSA) is 60.5 Å². The van der Waals surface area contributed by atoms with Crippen LogP contribution in [0.15, 0.2) is 12.3 Å². The molecule has 1 heterocycles. The van der Waals surface area contributed by atoms with Gasteiger partial charge in [0, 0.05) is 31.7 Å². The maximum absolute atomic E-state index is 13.4. The van der Waals surface area contributed by atoms with Crippen molar-refractivity contribution < 1.29 is 22.6 Å². The number of hydrogen-bond acceptors (Lipinski definition) is 5. The molecule has 0 aliphatic carbocycles. The highest BCUT2D eigenvalue weighted by Crippen LogP contribution is 2.36. The Bertz CT molecular complexity index is 553. The molecule has 0 spiro atoms. The molecule has 0 amide bonds. The molecule has 0 bridgehead atoms. The normalized spacial score (nSPS) is 15.6. The van der Waals surface area contributed by atoms with Gasteiger partial charge in [0.1, 0.15) is 4.75 Å². The average Bonchev–Trinajstić information content (AvgIpc) is 2.40. The highest BCUT2D eigenvalue weighted by molar-refractivity contribution is 7.90. The van der Waals surface area contributed by atoms with E-state index in [0.29, 0.717) is 5.56 Å². The van der Waals surface area contributed by atoms with Crippen molar-refractivity contribution in [3.8, 4) is 0 Å². The van der Waals surface area contributed by atoms with Gasteiger partial charge in [-0.15, -0.1) is 4.72 Å². The van der Waals surface area contributed by atoms with E-state index < -0.39 is 34.0 Å². The fourth-order valence-electron chi connectivity index (χ4n) is 1.54. The Morgan fingerprint density at radius 2 is 1.96 bits per heavy atom. The molecule has 0 aromatic carbocycles. The second-order valence-electron chi connectivity index (χ2n) is 6.27. The number of hydroxylamine groups is 2. The molecule has 0 aliphatic heterocycles. The molecule has 0 saturated heterocycles. The summed E-state index contributed by atoms with van der Waals surface area (Å²) >= 11 is 4.04. The second-order valence-corrected chi connectivity index (χ2v) is 8.68. The lowest BCUT2D eigenvalue weighted by atomic mass is 10.1. The number of halogens is 4. The minimum absolute atomic E-state index is 0.123. The zero-order valence-corrected chi connectivity index (χ0v) is 15.6. The van der Waals surface area contributed by atoms with E-state index in [9.17, 15) is 17.7 Å². The number of alkyl halides is 3. The van der Waals surface area contributed by atoms with Crippen molar-refractivity contribution in [1.29, 1.82) is 0 Å². The van der Waals surface area contributed by atoms with Crippen LogP contribution in [0, 0.1) is 0 Å². The molecule has 0 saturated carbocycles. The molecule has 24 heavy (non-hydrogen) atoms. The summed E-state index contributed by atoms with van der Waals surface area (Å²) in [6.45, 7) is 4.83. The summed E-state index contributed by atoms with van der Waals surface area (Å²) in [6, 6.07) is -0.873. The van der Waals surface area contributed by atoms with Crippen LogP contribution in [0.2, 0.25) is 5.02 Å². The number of rotatable bonds is 6. The van der Waals surface area contributed by atoms with Gasteiger partial charge in [0.2, 0.25) is 0 Å². The fraction of sp³-hybridized carbons (Fsp3) is 0.643. The van der Waals surface area contributed by atoms with E-state index in [4.69, 9.17) is 16.4 Å². The van der Waals surface area contributed by atoms with Crippen LogP contribution in [0.5, 0.6) is 0 Å². The number of nitrogens with one attached hydrogen (secondary N) is 1. The lowest BCUT2D eigenvalue weighted by molar-refractivity contribution is -0.153. The zero-order valence-electron chi connectivity index (χ0n) is 14.1. The molecule has 0 radical (unpaired) electrons. The van der Waals surface area contributed by atoms with E-state index in [0.717, 1.165) is 0 Å². The summed E-state index contributed by atoms with van der Waals surface area (Å²) in [5.41, 5.74) is 0.102. The van der Waals surface area contributed by atoms with Gasteiger partial charge in [0.05, 0.1) is 17.3 Å². The lowest BCUT2D eigenvalue weighted by Crippen LogP contribution is -2.46. The Kier molecular flexibility index (Phi) is 7.33. The maximum atomic E-state index is 13.4. The first-order valence-electron chi connectivity index (χ1n) is 7.01. The first kappa shape index (κ1) is 21.5. The Labute approximate surface area is 147 Å². The predicted octanol–water partition coefficient (Wildman–Crippen LogP) is 3.38. The smallest absolute Gasteiger partial charge is 0.413 e. The number of nitrogens with zero attached hydrogens (tertiary/aromatic N) is 2. The molecule has 0 unspecified atom stereocenters. The Morgan fingerprint density at radius 1 is 1.38 bits per heavy atom. The summed E-state index contributed by atoms with van der Waals surface area (Å²) < 4.78 is 53.4. The van der Waals surface area contributed by atoms with Crippen molar-refractivity contribution in [1.82, 2.24) is 14.8 Å². The molecule has 0 fully saturated rings. The summed E-state index contributed by atoms with van der Waals surface area (Å²) in [5, 5.41) is 1.28. The summed E-state index contributed by atoms with van der Waals surface area (Å²) in [5.74, 6) is 0. The summed E-state index contributed by atoms with van der Waals surface area (Å²) in [4.78, 5) is 9.02. The highest BCUT2D eigenvalue weighted by atomic mass is 35.5. The molecule has 1 aromatic rings. The summed E-state index contributed by atoms with van der Waals surface area (Å²) in [6.07, 6.45) is -3.44. The third-order valence-electron chi connectivity index (χ3n) is 2.80. The van der Waals surface area contributed by atoms with Gasteiger partial charge in [-0.25, -0.2) is 0 Å². The van der Waals surface area contributed by atoms with Gasteiger partial charge in [-0.2, -0.15) is 18.2 Å². The van der Waals surface area contributed by atoms with Gasteiger partial charge in [-0.1, -0.05) is 11.6 Å². The van der Waals surface area contributed by atoms with Crippen LogP contribution in [0.25, 0.3) is 0 Å². The number of aromatic nitrogens is 1. The fourth-order valence-corrected chi connectivity index (χ4v) is 2.66. The van der Waals surface area contributed by atoms with Crippen molar-refractivity contribution >= 4 is 23.0 Å². The van der Waals surface area contributed by atoms with E-state index in [1.54, 1.807) is 34.9 Å². The van der Waals surface area contributed by atoms with Crippen molar-refractivity contribution in [2.24, 2.45) is 0 Å². The standard InChI is InChI=1S/C14H21ClF3N3O2S/c1-13(2,3)24(22)20-12(14(16,17)18)11-10(15)6-9(7-19-11)8-23-21(4)5/h6-7,12,20H,8H2,1-5H3/t12-,24+/m1/s1. The minimum Gasteiger partial charge on any atom is -0.598 e. The SMILES string of the molecule is CN(C)OCc1cnc([C@@H](N[S@@+]([O-])C(C)(C)C)C(F)(F)F)c(Cl)c1.